The molecule has 0 aliphatic rings. The zero-order valence-electron chi connectivity index (χ0n) is 37.2. The topological polar surface area (TPSA) is 154 Å². The second-order valence-electron chi connectivity index (χ2n) is 17.0. The van der Waals surface area contributed by atoms with Crippen molar-refractivity contribution in [1.82, 2.24) is 15.0 Å². The number of benzene rings is 2. The van der Waals surface area contributed by atoms with Gasteiger partial charge in [0.05, 0.1) is 12.4 Å². The zero-order chi connectivity index (χ0) is 42.3. The van der Waals surface area contributed by atoms with Crippen LogP contribution in [0.5, 0.6) is 5.75 Å². The number of nitrogens with one attached hydrogen (secondary N) is 2. The summed E-state index contributed by atoms with van der Waals surface area (Å²) >= 11 is 0. The minimum absolute atomic E-state index is 0.148. The van der Waals surface area contributed by atoms with E-state index in [1.54, 1.807) is 25.4 Å². The van der Waals surface area contributed by atoms with Crippen molar-refractivity contribution in [3.05, 3.63) is 84.1 Å². The number of unbranched alkanes of at least 4 members (excludes halogenated alkanes) is 1. The lowest BCUT2D eigenvalue weighted by atomic mass is 10.0. The van der Waals surface area contributed by atoms with Gasteiger partial charge in [-0.15, -0.1) is 0 Å². The van der Waals surface area contributed by atoms with E-state index in [9.17, 15) is 4.79 Å². The number of primary amides is 1. The number of phenolic OH excluding ortho intramolecular Hbond substituents is 1. The van der Waals surface area contributed by atoms with E-state index in [-0.39, 0.29) is 12.0 Å². The van der Waals surface area contributed by atoms with Crippen LogP contribution in [0.15, 0.2) is 67.3 Å². The van der Waals surface area contributed by atoms with Crippen molar-refractivity contribution in [2.45, 2.75) is 147 Å². The number of aromatic amines is 2. The highest BCUT2D eigenvalue weighted by Gasteiger charge is 2.04. The minimum Gasteiger partial charge on any atom is -0.508 e. The van der Waals surface area contributed by atoms with E-state index in [0.29, 0.717) is 35.8 Å². The Morgan fingerprint density at radius 2 is 1.25 bits per heavy atom. The normalized spacial score (nSPS) is 11.1. The van der Waals surface area contributed by atoms with Crippen molar-refractivity contribution in [2.75, 3.05) is 6.54 Å². The number of aliphatic hydroxyl groups is 1. The summed E-state index contributed by atoms with van der Waals surface area (Å²) < 4.78 is 0. The molecule has 0 aliphatic carbocycles. The first-order valence-corrected chi connectivity index (χ1v) is 20.7. The van der Waals surface area contributed by atoms with Gasteiger partial charge in [0, 0.05) is 35.4 Å². The van der Waals surface area contributed by atoms with Crippen LogP contribution in [0.25, 0.3) is 10.9 Å². The average Bonchev–Trinajstić information content (AvgIpc) is 3.76. The molecule has 0 saturated heterocycles. The number of rotatable bonds is 14. The molecule has 2 heterocycles. The molecule has 8 N–H and O–H groups in total. The van der Waals surface area contributed by atoms with Crippen LogP contribution in [0.3, 0.4) is 0 Å². The van der Waals surface area contributed by atoms with Crippen LogP contribution in [0.2, 0.25) is 0 Å². The van der Waals surface area contributed by atoms with Gasteiger partial charge in [-0.1, -0.05) is 126 Å². The number of H-pyrrole nitrogens is 2. The molecular weight excluding hydrogens is 683 g/mol. The largest absolute Gasteiger partial charge is 0.508 e. The first kappa shape index (κ1) is 53.5. The quantitative estimate of drug-likeness (QED) is 0.0705. The maximum Gasteiger partial charge on any atom is 0.217 e. The third-order valence-corrected chi connectivity index (χ3v) is 8.23. The highest BCUT2D eigenvalue weighted by Crippen LogP contribution is 2.20. The van der Waals surface area contributed by atoms with E-state index in [1.165, 1.54) is 47.0 Å². The second-order valence-corrected chi connectivity index (χ2v) is 17.0. The standard InChI is InChI=1S/C12H15N.C10H14O.C7H12N2.C7H17N.C6H13NO.C5H12O/c1-9(2)7-10-8-13-12-6-4-3-5-11(10)12;1-8(2)7-9-3-5-10(11)6-4-9;1-6(2)3-7-4-8-5-9-7;1-7(2)5-3-4-6-8;1-5(2)3-4-6(7)8;1-4(2)5(3)6/h3-6,8-9,13H,7H2,1-2H3;3-6,8,11H,7H2,1-2H3;4-6H,3H2,1-2H3,(H,8,9);7H,3-6,8H2,1-2H3;5H,3-4H2,1-2H3,(H2,7,8);4-6H,1-3H3. The summed E-state index contributed by atoms with van der Waals surface area (Å²) in [5, 5.41) is 19.0. The fraction of sp³-hybridized carbons (Fsp3) is 0.617. The third-order valence-electron chi connectivity index (χ3n) is 8.23. The number of hydrogen-bond donors (Lipinski definition) is 6. The molecule has 0 radical (unpaired) electrons. The molecule has 1 unspecified atom stereocenters. The van der Waals surface area contributed by atoms with Crippen LogP contribution in [-0.2, 0) is 24.1 Å². The summed E-state index contributed by atoms with van der Waals surface area (Å²) in [6.07, 6.45) is 14.2. The lowest BCUT2D eigenvalue weighted by molar-refractivity contribution is -0.118. The van der Waals surface area contributed by atoms with Crippen molar-refractivity contribution in [3.8, 4) is 5.75 Å². The van der Waals surface area contributed by atoms with E-state index in [1.807, 2.05) is 32.2 Å². The molecule has 0 bridgehead atoms. The van der Waals surface area contributed by atoms with Crippen LogP contribution in [-0.4, -0.2) is 43.7 Å². The van der Waals surface area contributed by atoms with Gasteiger partial charge in [0.2, 0.25) is 5.91 Å². The van der Waals surface area contributed by atoms with Crippen molar-refractivity contribution in [3.63, 3.8) is 0 Å². The molecule has 0 fully saturated rings. The molecule has 1 amide bonds. The highest BCUT2D eigenvalue weighted by atomic mass is 16.3. The molecule has 1 atom stereocenters. The lowest BCUT2D eigenvalue weighted by Gasteiger charge is -2.04. The number of nitrogens with zero attached hydrogens (tertiary/aromatic N) is 1. The van der Waals surface area contributed by atoms with E-state index in [2.05, 4.69) is 115 Å². The van der Waals surface area contributed by atoms with Crippen molar-refractivity contribution in [2.24, 2.45) is 47.0 Å². The van der Waals surface area contributed by atoms with Crippen LogP contribution in [0.1, 0.15) is 139 Å². The highest BCUT2D eigenvalue weighted by molar-refractivity contribution is 5.83. The molecule has 0 saturated carbocycles. The van der Waals surface area contributed by atoms with Crippen molar-refractivity contribution >= 4 is 16.8 Å². The van der Waals surface area contributed by atoms with Gasteiger partial charge < -0.3 is 31.6 Å². The van der Waals surface area contributed by atoms with Gasteiger partial charge in [0.15, 0.2) is 0 Å². The van der Waals surface area contributed by atoms with E-state index in [4.69, 9.17) is 21.7 Å². The number of carbonyl (C=O) groups is 1. The number of para-hydroxylation sites is 1. The fourth-order valence-corrected chi connectivity index (χ4v) is 4.81. The van der Waals surface area contributed by atoms with E-state index < -0.39 is 0 Å². The monoisotopic (exact) mass is 766 g/mol. The van der Waals surface area contributed by atoms with Crippen molar-refractivity contribution < 1.29 is 15.0 Å². The van der Waals surface area contributed by atoms with Gasteiger partial charge in [-0.3, -0.25) is 4.79 Å². The Balaban J connectivity index is 0. The van der Waals surface area contributed by atoms with Gasteiger partial charge in [0.1, 0.15) is 5.75 Å². The van der Waals surface area contributed by atoms with Crippen LogP contribution in [0.4, 0.5) is 0 Å². The number of fused-ring (bicyclic) bond motifs is 1. The number of carbonyl (C=O) groups excluding carboxylic acids is 1. The van der Waals surface area contributed by atoms with Gasteiger partial charge in [-0.2, -0.15) is 0 Å². The summed E-state index contributed by atoms with van der Waals surface area (Å²) in [7, 11) is 0. The van der Waals surface area contributed by atoms with Gasteiger partial charge >= 0.3 is 0 Å². The number of aliphatic hydroxyl groups excluding tert-OH is 1. The van der Waals surface area contributed by atoms with E-state index in [0.717, 1.165) is 44.1 Å². The molecule has 0 spiro atoms. The molecule has 8 nitrogen and oxygen atoms in total. The van der Waals surface area contributed by atoms with Crippen LogP contribution < -0.4 is 11.5 Å². The fourth-order valence-electron chi connectivity index (χ4n) is 4.81. The first-order chi connectivity index (χ1) is 25.8. The minimum atomic E-state index is -0.196. The summed E-state index contributed by atoms with van der Waals surface area (Å²) in [5.41, 5.74) is 15.4. The number of aromatic nitrogens is 3. The number of hydrogen-bond acceptors (Lipinski definition) is 5. The Hall–Kier alpha value is -3.62. The van der Waals surface area contributed by atoms with Gasteiger partial charge in [-0.25, -0.2) is 4.98 Å². The number of amides is 1. The zero-order valence-corrected chi connectivity index (χ0v) is 37.2. The Bertz CT molecular complexity index is 1420. The Morgan fingerprint density at radius 3 is 1.67 bits per heavy atom. The molecule has 55 heavy (non-hydrogen) atoms. The average molecular weight is 766 g/mol. The molecular formula is C47H83N5O3. The first-order valence-electron chi connectivity index (χ1n) is 20.7. The summed E-state index contributed by atoms with van der Waals surface area (Å²) in [6.45, 7) is 28.5. The lowest BCUT2D eigenvalue weighted by Crippen LogP contribution is -2.10. The predicted molar refractivity (Wildman–Crippen MR) is 238 cm³/mol. The Morgan fingerprint density at radius 1 is 0.709 bits per heavy atom. The van der Waals surface area contributed by atoms with Gasteiger partial charge in [0.25, 0.3) is 0 Å². The van der Waals surface area contributed by atoms with Crippen LogP contribution in [0, 0.1) is 35.5 Å². The smallest absolute Gasteiger partial charge is 0.217 e. The predicted octanol–water partition coefficient (Wildman–Crippen LogP) is 11.3. The molecule has 4 rings (SSSR count). The maximum atomic E-state index is 10.1. The molecule has 2 aromatic carbocycles. The van der Waals surface area contributed by atoms with Crippen molar-refractivity contribution in [1.29, 1.82) is 0 Å². The molecule has 4 aromatic rings. The number of nitrogens with two attached hydrogens (primary N) is 2. The molecule has 2 aromatic heterocycles. The molecule has 8 heteroatoms. The third kappa shape index (κ3) is 33.4. The number of aromatic hydroxyl groups is 1. The number of imidazole rings is 1. The van der Waals surface area contributed by atoms with Crippen LogP contribution >= 0.6 is 0 Å². The Kier molecular flexibility index (Phi) is 31.7. The Labute approximate surface area is 336 Å². The molecule has 314 valence electrons. The summed E-state index contributed by atoms with van der Waals surface area (Å²) in [4.78, 5) is 20.4. The number of phenols is 1. The van der Waals surface area contributed by atoms with E-state index >= 15 is 0 Å². The summed E-state index contributed by atoms with van der Waals surface area (Å²) in [5.74, 6) is 4.11. The maximum absolute atomic E-state index is 10.1. The van der Waals surface area contributed by atoms with Gasteiger partial charge in [-0.05, 0) is 110 Å². The second kappa shape index (κ2) is 32.6. The SMILES string of the molecule is CC(C)C(C)O.CC(C)CCC(N)=O.CC(C)CCCCN.CC(C)Cc1c[nH]c2ccccc12.CC(C)Cc1ccc(O)cc1.CC(C)Cc1cnc[nH]1. The molecule has 0 aliphatic heterocycles. The summed E-state index contributed by atoms with van der Waals surface area (Å²) in [6, 6.07) is 15.9.